The second kappa shape index (κ2) is 11.4. The maximum atomic E-state index is 10.7. The van der Waals surface area contributed by atoms with Gasteiger partial charge in [0.15, 0.2) is 6.29 Å². The molecule has 0 heterocycles. The fourth-order valence-electron chi connectivity index (χ4n) is 0.903. The topological polar surface area (TPSA) is 46.2 Å². The third kappa shape index (κ3) is 6.76. The fraction of sp³-hybridized carbons (Fsp3) is 0.385. The summed E-state index contributed by atoms with van der Waals surface area (Å²) in [5.41, 5.74) is 1.05. The van der Waals surface area contributed by atoms with Crippen molar-refractivity contribution in [3.05, 3.63) is 29.8 Å². The lowest BCUT2D eigenvalue weighted by Gasteiger charge is -2.03. The lowest BCUT2D eigenvalue weighted by molar-refractivity contribution is -0.114. The smallest absolute Gasteiger partial charge is 0.221 e. The molecule has 0 saturated carbocycles. The molecule has 90 valence electrons. The quantitative estimate of drug-likeness (QED) is 0.780. The molecule has 0 unspecified atom stereocenters. The third-order valence-corrected chi connectivity index (χ3v) is 1.40. The number of rotatable bonds is 2. The van der Waals surface area contributed by atoms with Gasteiger partial charge in [0.1, 0.15) is 0 Å². The van der Waals surface area contributed by atoms with Crippen LogP contribution in [0.3, 0.4) is 0 Å². The van der Waals surface area contributed by atoms with Crippen LogP contribution in [-0.4, -0.2) is 12.2 Å². The van der Waals surface area contributed by atoms with E-state index in [2.05, 4.69) is 5.32 Å². The predicted molar refractivity (Wildman–Crippen MR) is 68.8 cm³/mol. The normalized spacial score (nSPS) is 7.56. The number of carbonyl (C=O) groups is 2. The Morgan fingerprint density at radius 3 is 2.06 bits per heavy atom. The molecule has 0 spiro atoms. The highest BCUT2D eigenvalue weighted by atomic mass is 16.1. The molecule has 3 heteroatoms. The Bertz CT molecular complexity index is 309. The van der Waals surface area contributed by atoms with E-state index >= 15 is 0 Å². The molecule has 0 aliphatic heterocycles. The van der Waals surface area contributed by atoms with Crippen LogP contribution in [0.4, 0.5) is 5.69 Å². The van der Waals surface area contributed by atoms with E-state index in [4.69, 9.17) is 0 Å². The first kappa shape index (κ1) is 16.8. The van der Waals surface area contributed by atoms with Gasteiger partial charge in [0, 0.05) is 12.5 Å². The van der Waals surface area contributed by atoms with Crippen LogP contribution in [-0.2, 0) is 4.79 Å². The minimum absolute atomic E-state index is 0.177. The van der Waals surface area contributed by atoms with Crippen molar-refractivity contribution in [1.29, 1.82) is 0 Å². The van der Waals surface area contributed by atoms with Crippen molar-refractivity contribution < 1.29 is 9.59 Å². The van der Waals surface area contributed by atoms with Crippen molar-refractivity contribution in [2.75, 3.05) is 5.32 Å². The van der Waals surface area contributed by atoms with Crippen LogP contribution >= 0.6 is 0 Å². The first-order chi connectivity index (χ1) is 7.74. The number of amides is 1. The van der Waals surface area contributed by atoms with Gasteiger partial charge in [0.05, 0.1) is 5.69 Å². The van der Waals surface area contributed by atoms with Crippen molar-refractivity contribution in [2.45, 2.75) is 34.6 Å². The largest absolute Gasteiger partial charge is 0.326 e. The van der Waals surface area contributed by atoms with Crippen LogP contribution in [0.1, 0.15) is 45.0 Å². The third-order valence-electron chi connectivity index (χ3n) is 1.40. The average Bonchev–Trinajstić information content (AvgIpc) is 2.34. The SMILES string of the molecule is CC.CC.CC(=O)Nc1ccccc1C=O. The first-order valence-electron chi connectivity index (χ1n) is 5.56. The Morgan fingerprint density at radius 2 is 1.62 bits per heavy atom. The van der Waals surface area contributed by atoms with E-state index in [0.29, 0.717) is 17.5 Å². The molecule has 0 fully saturated rings. The zero-order chi connectivity index (χ0) is 13.0. The Labute approximate surface area is 97.9 Å². The van der Waals surface area contributed by atoms with Gasteiger partial charge in [-0.2, -0.15) is 0 Å². The highest BCUT2D eigenvalue weighted by Gasteiger charge is 2.00. The molecular formula is C13H21NO2. The molecule has 16 heavy (non-hydrogen) atoms. The van der Waals surface area contributed by atoms with E-state index in [9.17, 15) is 9.59 Å². The molecule has 1 rings (SSSR count). The van der Waals surface area contributed by atoms with E-state index in [-0.39, 0.29) is 5.91 Å². The van der Waals surface area contributed by atoms with Crippen LogP contribution in [0.25, 0.3) is 0 Å². The van der Waals surface area contributed by atoms with E-state index in [1.54, 1.807) is 24.3 Å². The van der Waals surface area contributed by atoms with Crippen molar-refractivity contribution >= 4 is 17.9 Å². The predicted octanol–water partition coefficient (Wildman–Crippen LogP) is 3.51. The number of benzene rings is 1. The monoisotopic (exact) mass is 223 g/mol. The summed E-state index contributed by atoms with van der Waals surface area (Å²) in [5.74, 6) is -0.177. The molecule has 1 N–H and O–H groups in total. The fourth-order valence-corrected chi connectivity index (χ4v) is 0.903. The van der Waals surface area contributed by atoms with Crippen LogP contribution < -0.4 is 5.32 Å². The standard InChI is InChI=1S/C9H9NO2.2C2H6/c1-7(12)10-9-5-3-2-4-8(9)6-11;2*1-2/h2-6H,1H3,(H,10,12);2*1-2H3. The van der Waals surface area contributed by atoms with Crippen molar-refractivity contribution in [1.82, 2.24) is 0 Å². The van der Waals surface area contributed by atoms with Gasteiger partial charge in [-0.1, -0.05) is 39.8 Å². The molecule has 1 aromatic carbocycles. The molecule has 0 aromatic heterocycles. The first-order valence-corrected chi connectivity index (χ1v) is 5.56. The molecule has 3 nitrogen and oxygen atoms in total. The average molecular weight is 223 g/mol. The lowest BCUT2D eigenvalue weighted by atomic mass is 10.2. The van der Waals surface area contributed by atoms with Gasteiger partial charge < -0.3 is 5.32 Å². The molecule has 0 bridgehead atoms. The van der Waals surface area contributed by atoms with Crippen molar-refractivity contribution in [3.63, 3.8) is 0 Å². The summed E-state index contributed by atoms with van der Waals surface area (Å²) >= 11 is 0. The van der Waals surface area contributed by atoms with Gasteiger partial charge in [-0.15, -0.1) is 0 Å². The number of anilines is 1. The number of hydrogen-bond acceptors (Lipinski definition) is 2. The molecule has 0 radical (unpaired) electrons. The Morgan fingerprint density at radius 1 is 1.12 bits per heavy atom. The molecule has 0 aliphatic rings. The van der Waals surface area contributed by atoms with Crippen LogP contribution in [0.2, 0.25) is 0 Å². The van der Waals surface area contributed by atoms with E-state index in [1.165, 1.54) is 6.92 Å². The molecule has 1 aromatic rings. The van der Waals surface area contributed by atoms with Gasteiger partial charge in [-0.05, 0) is 12.1 Å². The van der Waals surface area contributed by atoms with E-state index in [1.807, 2.05) is 27.7 Å². The second-order valence-corrected chi connectivity index (χ2v) is 2.39. The van der Waals surface area contributed by atoms with Gasteiger partial charge in [-0.3, -0.25) is 9.59 Å². The lowest BCUT2D eigenvalue weighted by Crippen LogP contribution is -2.07. The maximum absolute atomic E-state index is 10.7. The minimum Gasteiger partial charge on any atom is -0.326 e. The number of hydrogen-bond donors (Lipinski definition) is 1. The molecule has 1 amide bonds. The summed E-state index contributed by atoms with van der Waals surface area (Å²) in [5, 5.41) is 2.55. The molecule has 0 aliphatic carbocycles. The summed E-state index contributed by atoms with van der Waals surface area (Å²) in [6, 6.07) is 6.84. The van der Waals surface area contributed by atoms with Gasteiger partial charge in [0.2, 0.25) is 5.91 Å². The molecule has 0 atom stereocenters. The zero-order valence-corrected chi connectivity index (χ0v) is 10.7. The van der Waals surface area contributed by atoms with E-state index < -0.39 is 0 Å². The van der Waals surface area contributed by atoms with Gasteiger partial charge in [0.25, 0.3) is 0 Å². The van der Waals surface area contributed by atoms with Gasteiger partial charge >= 0.3 is 0 Å². The maximum Gasteiger partial charge on any atom is 0.221 e. The highest BCUT2D eigenvalue weighted by Crippen LogP contribution is 2.11. The van der Waals surface area contributed by atoms with Crippen LogP contribution in [0.5, 0.6) is 0 Å². The summed E-state index contributed by atoms with van der Waals surface area (Å²) in [7, 11) is 0. The number of para-hydroxylation sites is 1. The number of aldehydes is 1. The summed E-state index contributed by atoms with van der Waals surface area (Å²) in [4.78, 5) is 21.1. The van der Waals surface area contributed by atoms with Crippen LogP contribution in [0, 0.1) is 0 Å². The Kier molecular flexibility index (Phi) is 12.0. The highest BCUT2D eigenvalue weighted by molar-refractivity contribution is 5.95. The Balaban J connectivity index is 0. The Hall–Kier alpha value is -1.64. The summed E-state index contributed by atoms with van der Waals surface area (Å²) < 4.78 is 0. The molecule has 0 saturated heterocycles. The van der Waals surface area contributed by atoms with Gasteiger partial charge in [-0.25, -0.2) is 0 Å². The summed E-state index contributed by atoms with van der Waals surface area (Å²) in [6.45, 7) is 9.40. The minimum atomic E-state index is -0.177. The zero-order valence-electron chi connectivity index (χ0n) is 10.7. The second-order valence-electron chi connectivity index (χ2n) is 2.39. The summed E-state index contributed by atoms with van der Waals surface area (Å²) in [6.07, 6.45) is 0.714. The molecular weight excluding hydrogens is 202 g/mol. The van der Waals surface area contributed by atoms with E-state index in [0.717, 1.165) is 0 Å². The van der Waals surface area contributed by atoms with Crippen LogP contribution in [0.15, 0.2) is 24.3 Å². The van der Waals surface area contributed by atoms with Crippen molar-refractivity contribution in [3.8, 4) is 0 Å². The number of carbonyl (C=O) groups excluding carboxylic acids is 2. The number of nitrogens with one attached hydrogen (secondary N) is 1. The van der Waals surface area contributed by atoms with Crippen molar-refractivity contribution in [2.24, 2.45) is 0 Å².